The number of aromatic amines is 2. The Hall–Kier alpha value is -9.19. The molecule has 3 aromatic carbocycles. The molecule has 4 aromatic heterocycles. The number of unbranched alkanes of at least 4 members (excludes halogenated alkanes) is 2. The number of ketones is 1. The minimum absolute atomic E-state index is 0.00305. The van der Waals surface area contributed by atoms with Crippen LogP contribution in [0, 0.1) is 23.3 Å². The standard InChI is InChI=1S/C33H37F4N7O5.C28H39N7O7S.O3S/c1-3-4-5-24-41-29-20-16-19(6-7-23(20)40-32(38)30(29)42-24)43-10-12-44(13-11-43)33(47)18(2)39-25(45)8-14-48-15-9-26(46)49-31-27(36)21(34)17-22(35)28(31)37;1-3-4-5-23-32-25-20-16-19(6-7-21(20)31-27(29)26(25)33-23)34-10-12-35(13-11-34)28(38)22(17-43(39,40)41)30-24(37)9-15-42-14-8-18(2)36;1-4(2)3/h6-7,16-18H,3-5,8-15H2,1-2H3,(H2,38,40)(H,39,45)(H,41,42);6-7,16,22H,3-5,8-15,17H2,1-2H3,(H2,29,31)(H,30,37)(H,32,33)(H,39,40,41);/t18-;22-;/m00./s1. The van der Waals surface area contributed by atoms with Crippen molar-refractivity contribution in [1.29, 1.82) is 0 Å². The van der Waals surface area contributed by atoms with Gasteiger partial charge >= 0.3 is 16.6 Å². The molecule has 9 rings (SSSR count). The Kier molecular flexibility index (Phi) is 26.6. The Morgan fingerprint density at radius 2 is 1.06 bits per heavy atom. The number of carbonyl (C=O) groups excluding carboxylic acids is 6. The van der Waals surface area contributed by atoms with Crippen LogP contribution in [0.25, 0.3) is 43.9 Å². The van der Waals surface area contributed by atoms with Crippen molar-refractivity contribution in [3.63, 3.8) is 0 Å². The average molecular weight is 1390 g/mol. The Balaban J connectivity index is 0.000000259. The third-order valence-corrected chi connectivity index (χ3v) is 16.2. The minimum Gasteiger partial charge on any atom is -0.420 e. The van der Waals surface area contributed by atoms with E-state index < -0.39 is 97.7 Å². The van der Waals surface area contributed by atoms with E-state index in [0.717, 1.165) is 99.9 Å². The number of imidazole rings is 2. The molecule has 9 N–H and O–H groups in total. The van der Waals surface area contributed by atoms with Crippen LogP contribution >= 0.6 is 0 Å². The number of hydrogen-bond donors (Lipinski definition) is 7. The number of nitrogens with two attached hydrogens (primary N) is 2. The first-order valence-corrected chi connectivity index (χ1v) is 33.5. The van der Waals surface area contributed by atoms with Crippen molar-refractivity contribution in [2.45, 2.75) is 104 Å². The lowest BCUT2D eigenvalue weighted by atomic mass is 10.1. The number of esters is 1. The van der Waals surface area contributed by atoms with Crippen molar-refractivity contribution in [3.05, 3.63) is 77.4 Å². The van der Waals surface area contributed by atoms with Crippen LogP contribution in [0.15, 0.2) is 42.5 Å². The lowest BCUT2D eigenvalue weighted by Gasteiger charge is -2.37. The molecular formula is C61H76F4N14O15S2. The van der Waals surface area contributed by atoms with E-state index in [4.69, 9.17) is 43.5 Å². The molecule has 0 spiro atoms. The van der Waals surface area contributed by atoms with Crippen LogP contribution in [0.5, 0.6) is 5.75 Å². The molecule has 4 amide bonds. The predicted octanol–water partition coefficient (Wildman–Crippen LogP) is 4.59. The number of halogens is 4. The second-order valence-corrected chi connectivity index (χ2v) is 24.5. The molecule has 0 aliphatic carbocycles. The topological polar surface area (TPSA) is 408 Å². The Morgan fingerprint density at radius 3 is 1.50 bits per heavy atom. The first-order chi connectivity index (χ1) is 45.6. The van der Waals surface area contributed by atoms with Crippen molar-refractivity contribution in [3.8, 4) is 5.75 Å². The summed E-state index contributed by atoms with van der Waals surface area (Å²) in [6.07, 6.45) is 5.20. The highest BCUT2D eigenvalue weighted by atomic mass is 32.2. The summed E-state index contributed by atoms with van der Waals surface area (Å²) in [5, 5.41) is 6.80. The van der Waals surface area contributed by atoms with Crippen molar-refractivity contribution >= 4 is 123 Å². The number of carbonyl (C=O) groups is 6. The van der Waals surface area contributed by atoms with Crippen molar-refractivity contribution in [2.24, 2.45) is 0 Å². The molecular weight excluding hydrogens is 1310 g/mol. The highest BCUT2D eigenvalue weighted by molar-refractivity contribution is 7.85. The highest BCUT2D eigenvalue weighted by Crippen LogP contribution is 2.33. The number of ether oxygens (including phenoxy) is 3. The van der Waals surface area contributed by atoms with E-state index >= 15 is 0 Å². The molecule has 0 bridgehead atoms. The summed E-state index contributed by atoms with van der Waals surface area (Å²) in [5.74, 6) is -10.1. The van der Waals surface area contributed by atoms with Crippen LogP contribution in [-0.2, 0) is 71.8 Å². The zero-order valence-electron chi connectivity index (χ0n) is 53.2. The third-order valence-electron chi connectivity index (χ3n) is 15.5. The van der Waals surface area contributed by atoms with Gasteiger partial charge in [0.2, 0.25) is 41.0 Å². The molecule has 2 saturated heterocycles. The van der Waals surface area contributed by atoms with Gasteiger partial charge in [-0.25, -0.2) is 28.7 Å². The number of hydrogen-bond acceptors (Lipinski definition) is 22. The maximum Gasteiger partial charge on any atom is 0.425 e. The second-order valence-electron chi connectivity index (χ2n) is 22.6. The number of anilines is 4. The van der Waals surface area contributed by atoms with Crippen LogP contribution < -0.4 is 36.6 Å². The van der Waals surface area contributed by atoms with Gasteiger partial charge in [0.25, 0.3) is 10.1 Å². The number of pyridine rings is 2. The predicted molar refractivity (Wildman–Crippen MR) is 345 cm³/mol. The number of Topliss-reactive ketones (excluding diaryl/α,β-unsaturated/α-hetero) is 1. The number of aromatic nitrogens is 6. The maximum atomic E-state index is 13.7. The van der Waals surface area contributed by atoms with E-state index in [-0.39, 0.29) is 76.5 Å². The van der Waals surface area contributed by atoms with Gasteiger partial charge in [0.05, 0.1) is 43.9 Å². The number of benzene rings is 3. The number of nitrogens with zero attached hydrogens (tertiary/aromatic N) is 8. The SMILES string of the molecule is CCCCc1nc2c([nH]1)c(N)nc1ccc(N3CCN(C(=O)[C@H](C)NC(=O)CCOCCC(=O)Oc4c(F)c(F)cc(F)c4F)CC3)cc12.CCCCc1nc2c([nH]1)c(N)nc1ccc(N3CCN(C(=O)[C@H](CS(=O)(=O)O)NC(=O)CCOCCC(C)=O)CC3)cc12.O=S(=O)=O. The average Bonchev–Trinajstić information content (AvgIpc) is 1.53. The van der Waals surface area contributed by atoms with E-state index in [9.17, 15) is 59.3 Å². The number of aryl methyl sites for hydroxylation is 2. The van der Waals surface area contributed by atoms with Crippen molar-refractivity contribution in [1.82, 2.24) is 50.3 Å². The van der Waals surface area contributed by atoms with Crippen LogP contribution in [0.4, 0.5) is 40.6 Å². The van der Waals surface area contributed by atoms with Gasteiger partial charge in [0.15, 0.2) is 11.6 Å². The number of nitrogens with one attached hydrogen (secondary N) is 4. The molecule has 6 heterocycles. The van der Waals surface area contributed by atoms with Gasteiger partial charge in [-0.15, -0.1) is 12.6 Å². The van der Waals surface area contributed by atoms with Gasteiger partial charge in [-0.05, 0) is 63.1 Å². The monoisotopic (exact) mass is 1380 g/mol. The fourth-order valence-electron chi connectivity index (χ4n) is 10.5. The first kappa shape index (κ1) is 74.2. The summed E-state index contributed by atoms with van der Waals surface area (Å²) in [6.45, 7) is 10.5. The number of fused-ring (bicyclic) bond motifs is 6. The fraction of sp³-hybridized carbons (Fsp3) is 0.475. The lowest BCUT2D eigenvalue weighted by Crippen LogP contribution is -2.56. The molecule has 2 aliphatic heterocycles. The summed E-state index contributed by atoms with van der Waals surface area (Å²) >= 11 is 0. The summed E-state index contributed by atoms with van der Waals surface area (Å²) in [6, 6.07) is 9.52. The Morgan fingerprint density at radius 1 is 0.635 bits per heavy atom. The van der Waals surface area contributed by atoms with E-state index in [2.05, 4.69) is 59.0 Å². The number of rotatable bonds is 27. The maximum absolute atomic E-state index is 13.7. The molecule has 0 radical (unpaired) electrons. The van der Waals surface area contributed by atoms with Crippen LogP contribution in [0.2, 0.25) is 0 Å². The smallest absolute Gasteiger partial charge is 0.420 e. The quantitative estimate of drug-likeness (QED) is 0.00924. The van der Waals surface area contributed by atoms with Gasteiger partial charge in [-0.2, -0.15) is 17.2 Å². The fourth-order valence-corrected chi connectivity index (χ4v) is 11.2. The van der Waals surface area contributed by atoms with Crippen LogP contribution in [-0.4, -0.2) is 197 Å². The molecule has 2 atom stereocenters. The van der Waals surface area contributed by atoms with Crippen LogP contribution in [0.1, 0.15) is 90.7 Å². The summed E-state index contributed by atoms with van der Waals surface area (Å²) in [5.41, 5.74) is 18.8. The van der Waals surface area contributed by atoms with Crippen molar-refractivity contribution < 1.29 is 86.1 Å². The Labute approximate surface area is 550 Å². The zero-order chi connectivity index (χ0) is 70.0. The molecule has 0 unspecified atom stereocenters. The number of amides is 4. The van der Waals surface area contributed by atoms with E-state index in [1.807, 2.05) is 36.4 Å². The van der Waals surface area contributed by atoms with Gasteiger partial charge in [-0.1, -0.05) is 26.7 Å². The molecule has 2 fully saturated rings. The molecule has 0 saturated carbocycles. The molecule has 7 aromatic rings. The van der Waals surface area contributed by atoms with E-state index in [1.165, 1.54) is 11.8 Å². The number of H-pyrrole nitrogens is 2. The van der Waals surface area contributed by atoms with E-state index in [1.54, 1.807) is 11.8 Å². The van der Waals surface area contributed by atoms with Gasteiger partial charge in [0, 0.05) is 113 Å². The highest BCUT2D eigenvalue weighted by Gasteiger charge is 2.33. The van der Waals surface area contributed by atoms with Gasteiger partial charge in [0.1, 0.15) is 69.0 Å². The zero-order valence-corrected chi connectivity index (χ0v) is 54.8. The van der Waals surface area contributed by atoms with E-state index in [0.29, 0.717) is 56.4 Å². The van der Waals surface area contributed by atoms with Gasteiger partial charge < -0.3 is 65.9 Å². The summed E-state index contributed by atoms with van der Waals surface area (Å²) in [4.78, 5) is 107. The largest absolute Gasteiger partial charge is 0.425 e. The Bertz CT molecular complexity index is 4180. The van der Waals surface area contributed by atoms with Gasteiger partial charge in [-0.3, -0.25) is 33.3 Å². The summed E-state index contributed by atoms with van der Waals surface area (Å²) < 4.78 is 127. The summed E-state index contributed by atoms with van der Waals surface area (Å²) in [7, 11) is -7.67. The lowest BCUT2D eigenvalue weighted by molar-refractivity contribution is -0.137. The first-order valence-electron chi connectivity index (χ1n) is 30.9. The third kappa shape index (κ3) is 20.7. The minimum atomic E-state index is -4.56. The normalized spacial score (nSPS) is 14.0. The van der Waals surface area contributed by atoms with Crippen molar-refractivity contribution in [2.75, 3.05) is 106 Å². The molecule has 96 heavy (non-hydrogen) atoms. The molecule has 2 aliphatic rings. The molecule has 520 valence electrons. The second kappa shape index (κ2) is 34.5. The molecule has 29 nitrogen and oxygen atoms in total. The number of nitrogen functional groups attached to an aromatic ring is 2. The molecule has 35 heteroatoms. The van der Waals surface area contributed by atoms with Crippen LogP contribution in [0.3, 0.4) is 0 Å². The number of piperazine rings is 2.